The van der Waals surface area contributed by atoms with Gasteiger partial charge in [0.15, 0.2) is 5.65 Å². The molecule has 0 fully saturated rings. The molecular formula is C14H18N4O2. The molecule has 0 aromatic carbocycles. The average molecular weight is 274 g/mol. The van der Waals surface area contributed by atoms with Gasteiger partial charge in [-0.25, -0.2) is 9.97 Å². The number of hydrogen-bond donors (Lipinski definition) is 2. The van der Waals surface area contributed by atoms with Crippen LogP contribution < -0.4 is 5.32 Å². The van der Waals surface area contributed by atoms with E-state index in [0.29, 0.717) is 30.3 Å². The summed E-state index contributed by atoms with van der Waals surface area (Å²) in [6.07, 6.45) is 3.83. The van der Waals surface area contributed by atoms with Gasteiger partial charge in [-0.15, -0.1) is 0 Å². The first kappa shape index (κ1) is 14.2. The molecule has 2 rings (SSSR count). The van der Waals surface area contributed by atoms with Crippen molar-refractivity contribution >= 4 is 23.0 Å². The van der Waals surface area contributed by atoms with Crippen LogP contribution in [0, 0.1) is 11.8 Å². The molecule has 0 amide bonds. The van der Waals surface area contributed by atoms with Crippen molar-refractivity contribution in [2.75, 3.05) is 11.9 Å². The topological polar surface area (TPSA) is 88.0 Å². The van der Waals surface area contributed by atoms with Crippen LogP contribution in [0.5, 0.6) is 0 Å². The molecule has 0 aliphatic heterocycles. The van der Waals surface area contributed by atoms with Crippen molar-refractivity contribution in [3.63, 3.8) is 0 Å². The average Bonchev–Trinajstić information content (AvgIpc) is 2.42. The normalized spacial score (nSPS) is 12.6. The molecule has 0 bridgehead atoms. The number of rotatable bonds is 6. The maximum Gasteiger partial charge on any atom is 0.308 e. The highest BCUT2D eigenvalue weighted by atomic mass is 16.4. The van der Waals surface area contributed by atoms with Gasteiger partial charge in [-0.05, 0) is 24.5 Å². The van der Waals surface area contributed by atoms with Crippen LogP contribution in [-0.4, -0.2) is 32.6 Å². The van der Waals surface area contributed by atoms with Crippen molar-refractivity contribution in [3.05, 3.63) is 24.5 Å². The lowest BCUT2D eigenvalue weighted by Gasteiger charge is -2.15. The summed E-state index contributed by atoms with van der Waals surface area (Å²) in [7, 11) is 0. The van der Waals surface area contributed by atoms with Crippen molar-refractivity contribution in [2.45, 2.75) is 20.3 Å². The molecular weight excluding hydrogens is 256 g/mol. The number of anilines is 1. The summed E-state index contributed by atoms with van der Waals surface area (Å²) in [6.45, 7) is 4.38. The number of aliphatic carboxylic acids is 1. The number of nitrogens with one attached hydrogen (secondary N) is 1. The second kappa shape index (κ2) is 6.27. The van der Waals surface area contributed by atoms with E-state index in [1.54, 1.807) is 18.5 Å². The first-order valence-corrected chi connectivity index (χ1v) is 6.60. The van der Waals surface area contributed by atoms with Gasteiger partial charge in [0.2, 0.25) is 0 Å². The van der Waals surface area contributed by atoms with E-state index in [4.69, 9.17) is 0 Å². The highest BCUT2D eigenvalue weighted by molar-refractivity contribution is 5.72. The molecule has 20 heavy (non-hydrogen) atoms. The number of carboxylic acids is 1. The van der Waals surface area contributed by atoms with Crippen LogP contribution in [0.1, 0.15) is 20.3 Å². The SMILES string of the molecule is CC(C)CC(CNc1ccc2nccnc2n1)C(=O)O. The Hall–Kier alpha value is -2.24. The smallest absolute Gasteiger partial charge is 0.308 e. The summed E-state index contributed by atoms with van der Waals surface area (Å²) in [5.74, 6) is -0.248. The minimum absolute atomic E-state index is 0.341. The summed E-state index contributed by atoms with van der Waals surface area (Å²) < 4.78 is 0. The number of carbonyl (C=O) groups is 1. The van der Waals surface area contributed by atoms with E-state index in [9.17, 15) is 9.90 Å². The number of fused-ring (bicyclic) bond motifs is 1. The van der Waals surface area contributed by atoms with Gasteiger partial charge < -0.3 is 10.4 Å². The van der Waals surface area contributed by atoms with Gasteiger partial charge in [0.1, 0.15) is 11.3 Å². The zero-order valence-corrected chi connectivity index (χ0v) is 11.6. The second-order valence-electron chi connectivity index (χ2n) is 5.14. The van der Waals surface area contributed by atoms with E-state index in [1.807, 2.05) is 19.9 Å². The number of pyridine rings is 1. The lowest BCUT2D eigenvalue weighted by atomic mass is 9.97. The van der Waals surface area contributed by atoms with Gasteiger partial charge in [-0.1, -0.05) is 13.8 Å². The molecule has 6 nitrogen and oxygen atoms in total. The molecule has 1 unspecified atom stereocenters. The maximum atomic E-state index is 11.2. The zero-order valence-electron chi connectivity index (χ0n) is 11.6. The molecule has 6 heteroatoms. The summed E-state index contributed by atoms with van der Waals surface area (Å²) in [5.41, 5.74) is 1.27. The Morgan fingerprint density at radius 3 is 2.75 bits per heavy atom. The van der Waals surface area contributed by atoms with Gasteiger partial charge in [-0.2, -0.15) is 0 Å². The van der Waals surface area contributed by atoms with E-state index >= 15 is 0 Å². The van der Waals surface area contributed by atoms with Crippen LogP contribution in [0.3, 0.4) is 0 Å². The fraction of sp³-hybridized carbons (Fsp3) is 0.429. The number of carboxylic acid groups (broad SMARTS) is 1. The van der Waals surface area contributed by atoms with E-state index < -0.39 is 11.9 Å². The highest BCUT2D eigenvalue weighted by Gasteiger charge is 2.18. The van der Waals surface area contributed by atoms with E-state index in [1.165, 1.54) is 0 Å². The first-order chi connectivity index (χ1) is 9.56. The largest absolute Gasteiger partial charge is 0.481 e. The minimum atomic E-state index is -0.785. The molecule has 2 N–H and O–H groups in total. The zero-order chi connectivity index (χ0) is 14.5. The predicted molar refractivity (Wildman–Crippen MR) is 76.4 cm³/mol. The third kappa shape index (κ3) is 3.63. The quantitative estimate of drug-likeness (QED) is 0.839. The Balaban J connectivity index is 2.05. The molecule has 2 aromatic rings. The Bertz CT molecular complexity index is 600. The molecule has 0 radical (unpaired) electrons. The van der Waals surface area contributed by atoms with Crippen molar-refractivity contribution < 1.29 is 9.90 Å². The molecule has 0 aliphatic rings. The van der Waals surface area contributed by atoms with Crippen LogP contribution in [0.15, 0.2) is 24.5 Å². The van der Waals surface area contributed by atoms with Gasteiger partial charge in [-0.3, -0.25) is 9.78 Å². The third-order valence-electron chi connectivity index (χ3n) is 2.97. The number of hydrogen-bond acceptors (Lipinski definition) is 5. The minimum Gasteiger partial charge on any atom is -0.481 e. The van der Waals surface area contributed by atoms with Crippen LogP contribution in [0.25, 0.3) is 11.2 Å². The molecule has 0 aliphatic carbocycles. The van der Waals surface area contributed by atoms with Crippen LogP contribution in [0.2, 0.25) is 0 Å². The Kier molecular flexibility index (Phi) is 4.45. The summed E-state index contributed by atoms with van der Waals surface area (Å²) >= 11 is 0. The first-order valence-electron chi connectivity index (χ1n) is 6.60. The molecule has 0 spiro atoms. The molecule has 0 saturated heterocycles. The van der Waals surface area contributed by atoms with Gasteiger partial charge in [0, 0.05) is 18.9 Å². The number of nitrogens with zero attached hydrogens (tertiary/aromatic N) is 3. The number of aromatic nitrogens is 3. The van der Waals surface area contributed by atoms with Gasteiger partial charge in [0.25, 0.3) is 0 Å². The van der Waals surface area contributed by atoms with Crippen LogP contribution in [-0.2, 0) is 4.79 Å². The second-order valence-corrected chi connectivity index (χ2v) is 5.14. The van der Waals surface area contributed by atoms with Crippen LogP contribution in [0.4, 0.5) is 5.82 Å². The Morgan fingerprint density at radius 2 is 2.05 bits per heavy atom. The Morgan fingerprint density at radius 1 is 1.30 bits per heavy atom. The fourth-order valence-electron chi connectivity index (χ4n) is 2.02. The molecule has 106 valence electrons. The maximum absolute atomic E-state index is 11.2. The van der Waals surface area contributed by atoms with Crippen molar-refractivity contribution in [2.24, 2.45) is 11.8 Å². The van der Waals surface area contributed by atoms with Crippen LogP contribution >= 0.6 is 0 Å². The monoisotopic (exact) mass is 274 g/mol. The lowest BCUT2D eigenvalue weighted by molar-refractivity contribution is -0.141. The van der Waals surface area contributed by atoms with Gasteiger partial charge in [0.05, 0.1) is 5.92 Å². The molecule has 2 heterocycles. The standard InChI is InChI=1S/C14H18N4O2/c1-9(2)7-10(14(19)20)8-17-12-4-3-11-13(18-12)16-6-5-15-11/h3-6,9-10H,7-8H2,1-2H3,(H,19,20)(H,16,17,18). The van der Waals surface area contributed by atoms with E-state index in [0.717, 1.165) is 5.52 Å². The summed E-state index contributed by atoms with van der Waals surface area (Å²) in [6, 6.07) is 3.60. The molecule has 1 atom stereocenters. The highest BCUT2D eigenvalue weighted by Crippen LogP contribution is 2.15. The Labute approximate surface area is 117 Å². The summed E-state index contributed by atoms with van der Waals surface area (Å²) in [4.78, 5) is 23.8. The lowest BCUT2D eigenvalue weighted by Crippen LogP contribution is -2.24. The van der Waals surface area contributed by atoms with Crippen molar-refractivity contribution in [1.82, 2.24) is 15.0 Å². The van der Waals surface area contributed by atoms with E-state index in [2.05, 4.69) is 20.3 Å². The van der Waals surface area contributed by atoms with Crippen molar-refractivity contribution in [3.8, 4) is 0 Å². The molecule has 0 saturated carbocycles. The fourth-order valence-corrected chi connectivity index (χ4v) is 2.02. The van der Waals surface area contributed by atoms with E-state index in [-0.39, 0.29) is 0 Å². The third-order valence-corrected chi connectivity index (χ3v) is 2.97. The van der Waals surface area contributed by atoms with Gasteiger partial charge >= 0.3 is 5.97 Å². The van der Waals surface area contributed by atoms with Crippen molar-refractivity contribution in [1.29, 1.82) is 0 Å². The summed E-state index contributed by atoms with van der Waals surface area (Å²) in [5, 5.41) is 12.3. The molecule has 2 aromatic heterocycles. The predicted octanol–water partition coefficient (Wildman–Crippen LogP) is 2.18.